The zero-order chi connectivity index (χ0) is 16.5. The van der Waals surface area contributed by atoms with Crippen LogP contribution in [0.3, 0.4) is 0 Å². The molecule has 3 aromatic rings. The molecule has 0 spiro atoms. The number of anilines is 1. The van der Waals surface area contributed by atoms with Gasteiger partial charge in [0.2, 0.25) is 0 Å². The number of pyridine rings is 1. The Morgan fingerprint density at radius 2 is 1.88 bits per heavy atom. The molecular formula is C20H18N2OS. The van der Waals surface area contributed by atoms with Crippen molar-refractivity contribution in [2.45, 2.75) is 23.5 Å². The van der Waals surface area contributed by atoms with Gasteiger partial charge in [-0.25, -0.2) is 4.98 Å². The van der Waals surface area contributed by atoms with Gasteiger partial charge in [0.1, 0.15) is 5.69 Å². The van der Waals surface area contributed by atoms with Crippen molar-refractivity contribution in [2.75, 3.05) is 11.4 Å². The van der Waals surface area contributed by atoms with Gasteiger partial charge in [0.25, 0.3) is 5.91 Å². The molecule has 0 aliphatic carbocycles. The van der Waals surface area contributed by atoms with E-state index in [9.17, 15) is 4.79 Å². The zero-order valence-electron chi connectivity index (χ0n) is 13.5. The maximum Gasteiger partial charge on any atom is 0.276 e. The predicted octanol–water partition coefficient (Wildman–Crippen LogP) is 4.77. The summed E-state index contributed by atoms with van der Waals surface area (Å²) in [6, 6.07) is 19.8. The summed E-state index contributed by atoms with van der Waals surface area (Å²) in [4.78, 5) is 20.7. The number of thioether (sulfide) groups is 1. The van der Waals surface area contributed by atoms with Crippen molar-refractivity contribution in [1.82, 2.24) is 4.98 Å². The van der Waals surface area contributed by atoms with Gasteiger partial charge in [-0.3, -0.25) is 4.79 Å². The fourth-order valence-electron chi connectivity index (χ4n) is 3.02. The summed E-state index contributed by atoms with van der Waals surface area (Å²) in [7, 11) is 0. The summed E-state index contributed by atoms with van der Waals surface area (Å²) in [5.74, 6) is -0.0251. The Hall–Kier alpha value is -2.33. The number of carbonyl (C=O) groups excluding carboxylic acids is 1. The van der Waals surface area contributed by atoms with E-state index in [1.165, 1.54) is 0 Å². The maximum atomic E-state index is 13.1. The first-order valence-corrected chi connectivity index (χ1v) is 9.04. The molecule has 0 bridgehead atoms. The Labute approximate surface area is 145 Å². The van der Waals surface area contributed by atoms with Crippen LogP contribution in [0.25, 0.3) is 10.9 Å². The van der Waals surface area contributed by atoms with E-state index in [1.54, 1.807) is 0 Å². The predicted molar refractivity (Wildman–Crippen MR) is 99.8 cm³/mol. The molecule has 0 saturated heterocycles. The molecule has 24 heavy (non-hydrogen) atoms. The molecule has 0 saturated carbocycles. The molecule has 2 heterocycles. The lowest BCUT2D eigenvalue weighted by Gasteiger charge is -2.22. The van der Waals surface area contributed by atoms with E-state index in [1.807, 2.05) is 71.3 Å². The third-order valence-electron chi connectivity index (χ3n) is 4.31. The van der Waals surface area contributed by atoms with Crippen LogP contribution < -0.4 is 4.90 Å². The highest BCUT2D eigenvalue weighted by atomic mass is 32.2. The molecule has 2 aromatic carbocycles. The van der Waals surface area contributed by atoms with E-state index in [4.69, 9.17) is 0 Å². The fourth-order valence-corrected chi connectivity index (χ4v) is 4.13. The molecule has 1 aliphatic heterocycles. The minimum Gasteiger partial charge on any atom is -0.306 e. The summed E-state index contributed by atoms with van der Waals surface area (Å²) in [5, 5.41) is 1.54. The molecule has 1 atom stereocenters. The molecule has 1 amide bonds. The lowest BCUT2D eigenvalue weighted by molar-refractivity contribution is 0.0982. The molecule has 1 aromatic heterocycles. The topological polar surface area (TPSA) is 33.2 Å². The van der Waals surface area contributed by atoms with Crippen LogP contribution in [0.1, 0.15) is 23.8 Å². The van der Waals surface area contributed by atoms with Crippen LogP contribution in [-0.4, -0.2) is 22.7 Å². The van der Waals surface area contributed by atoms with Gasteiger partial charge in [-0.2, -0.15) is 0 Å². The smallest absolute Gasteiger partial charge is 0.276 e. The lowest BCUT2D eigenvalue weighted by atomic mass is 10.2. The first kappa shape index (κ1) is 15.2. The van der Waals surface area contributed by atoms with Crippen LogP contribution in [0.15, 0.2) is 65.6 Å². The quantitative estimate of drug-likeness (QED) is 0.643. The molecule has 4 heteroatoms. The van der Waals surface area contributed by atoms with Crippen molar-refractivity contribution in [3.05, 3.63) is 66.4 Å². The van der Waals surface area contributed by atoms with E-state index in [2.05, 4.69) is 18.0 Å². The number of hydrogen-bond acceptors (Lipinski definition) is 3. The molecule has 4 rings (SSSR count). The highest BCUT2D eigenvalue weighted by Gasteiger charge is 2.25. The molecule has 1 unspecified atom stereocenters. The van der Waals surface area contributed by atoms with E-state index in [0.29, 0.717) is 10.9 Å². The first-order chi connectivity index (χ1) is 11.7. The second kappa shape index (κ2) is 6.29. The second-order valence-electron chi connectivity index (χ2n) is 6.03. The Morgan fingerprint density at radius 3 is 2.79 bits per heavy atom. The highest BCUT2D eigenvalue weighted by molar-refractivity contribution is 8.00. The van der Waals surface area contributed by atoms with Crippen LogP contribution in [0.4, 0.5) is 5.69 Å². The number of rotatable bonds is 1. The number of hydrogen-bond donors (Lipinski definition) is 0. The largest absolute Gasteiger partial charge is 0.306 e. The van der Waals surface area contributed by atoms with Crippen molar-refractivity contribution in [1.29, 1.82) is 0 Å². The highest BCUT2D eigenvalue weighted by Crippen LogP contribution is 2.37. The van der Waals surface area contributed by atoms with E-state index in [-0.39, 0.29) is 5.91 Å². The van der Waals surface area contributed by atoms with Gasteiger partial charge < -0.3 is 4.90 Å². The van der Waals surface area contributed by atoms with Crippen molar-refractivity contribution >= 4 is 34.3 Å². The third kappa shape index (κ3) is 2.78. The van der Waals surface area contributed by atoms with Gasteiger partial charge in [0.05, 0.1) is 11.2 Å². The van der Waals surface area contributed by atoms with Gasteiger partial charge in [-0.05, 0) is 30.7 Å². The second-order valence-corrected chi connectivity index (χ2v) is 7.51. The van der Waals surface area contributed by atoms with E-state index < -0.39 is 0 Å². The van der Waals surface area contributed by atoms with Gasteiger partial charge in [0, 0.05) is 22.1 Å². The lowest BCUT2D eigenvalue weighted by Crippen LogP contribution is -2.32. The van der Waals surface area contributed by atoms with E-state index >= 15 is 0 Å². The molecular weight excluding hydrogens is 316 g/mol. The average molecular weight is 334 g/mol. The number of benzene rings is 2. The fraction of sp³-hybridized carbons (Fsp3) is 0.200. The van der Waals surface area contributed by atoms with Crippen LogP contribution in [0.2, 0.25) is 0 Å². The van der Waals surface area contributed by atoms with E-state index in [0.717, 1.165) is 34.5 Å². The molecule has 0 fully saturated rings. The monoisotopic (exact) mass is 334 g/mol. The third-order valence-corrected chi connectivity index (χ3v) is 5.54. The van der Waals surface area contributed by atoms with Gasteiger partial charge >= 0.3 is 0 Å². The molecule has 0 radical (unpaired) electrons. The first-order valence-electron chi connectivity index (χ1n) is 8.16. The number of nitrogens with zero attached hydrogens (tertiary/aromatic N) is 2. The van der Waals surface area contributed by atoms with Crippen LogP contribution in [0, 0.1) is 0 Å². The summed E-state index contributed by atoms with van der Waals surface area (Å²) >= 11 is 1.84. The number of aromatic nitrogens is 1. The normalized spacial score (nSPS) is 17.4. The van der Waals surface area contributed by atoms with Gasteiger partial charge in [-0.15, -0.1) is 11.8 Å². The van der Waals surface area contributed by atoms with Crippen molar-refractivity contribution in [3.63, 3.8) is 0 Å². The summed E-state index contributed by atoms with van der Waals surface area (Å²) in [5.41, 5.74) is 2.35. The van der Waals surface area contributed by atoms with Crippen LogP contribution >= 0.6 is 11.8 Å². The average Bonchev–Trinajstić information content (AvgIpc) is 2.79. The van der Waals surface area contributed by atoms with Gasteiger partial charge in [-0.1, -0.05) is 43.3 Å². The minimum atomic E-state index is -0.0251. The summed E-state index contributed by atoms with van der Waals surface area (Å²) in [6.45, 7) is 2.93. The summed E-state index contributed by atoms with van der Waals surface area (Å²) < 4.78 is 0. The number of fused-ring (bicyclic) bond motifs is 2. The Kier molecular flexibility index (Phi) is 3.98. The van der Waals surface area contributed by atoms with Crippen LogP contribution in [0.5, 0.6) is 0 Å². The zero-order valence-corrected chi connectivity index (χ0v) is 14.3. The van der Waals surface area contributed by atoms with Gasteiger partial charge in [0.15, 0.2) is 0 Å². The Balaban J connectivity index is 1.75. The molecule has 120 valence electrons. The summed E-state index contributed by atoms with van der Waals surface area (Å²) in [6.07, 6.45) is 0.971. The number of carbonyl (C=O) groups is 1. The molecule has 1 aliphatic rings. The maximum absolute atomic E-state index is 13.1. The molecule has 3 nitrogen and oxygen atoms in total. The van der Waals surface area contributed by atoms with Crippen molar-refractivity contribution in [3.8, 4) is 0 Å². The van der Waals surface area contributed by atoms with Crippen molar-refractivity contribution < 1.29 is 4.79 Å². The van der Waals surface area contributed by atoms with Crippen LogP contribution in [-0.2, 0) is 0 Å². The minimum absolute atomic E-state index is 0.0251. The Bertz CT molecular complexity index is 909. The number of amides is 1. The molecule has 0 N–H and O–H groups in total. The Morgan fingerprint density at radius 1 is 1.08 bits per heavy atom. The standard InChI is InChI=1S/C20H18N2OS/c1-14-12-13-22(18-8-4-5-9-19(18)24-14)20(23)17-11-10-15-6-2-3-7-16(15)21-17/h2-11,14H,12-13H2,1H3. The SMILES string of the molecule is CC1CCN(C(=O)c2ccc3ccccc3n2)c2ccccc2S1. The number of para-hydroxylation sites is 2. The van der Waals surface area contributed by atoms with Crippen molar-refractivity contribution in [2.24, 2.45) is 0 Å².